The second-order valence-electron chi connectivity index (χ2n) is 8.28. The SMILES string of the molecule is CC1=CC(=O)C=C2CCC3C4C(CO)CC(=O)C4CCC3C12C. The molecule has 0 heterocycles. The van der Waals surface area contributed by atoms with Crippen LogP contribution in [0.5, 0.6) is 0 Å². The van der Waals surface area contributed by atoms with E-state index in [-0.39, 0.29) is 29.6 Å². The first-order chi connectivity index (χ1) is 11.0. The van der Waals surface area contributed by atoms with Crippen LogP contribution in [-0.2, 0) is 9.59 Å². The quantitative estimate of drug-likeness (QED) is 0.809. The van der Waals surface area contributed by atoms with Crippen molar-refractivity contribution in [1.29, 1.82) is 0 Å². The van der Waals surface area contributed by atoms with E-state index in [1.165, 1.54) is 11.1 Å². The van der Waals surface area contributed by atoms with Crippen molar-refractivity contribution in [3.63, 3.8) is 0 Å². The minimum absolute atomic E-state index is 0.0204. The number of carbonyl (C=O) groups excluding carboxylic acids is 2. The van der Waals surface area contributed by atoms with E-state index in [4.69, 9.17) is 0 Å². The number of aliphatic hydroxyl groups excluding tert-OH is 1. The third-order valence-corrected chi connectivity index (χ3v) is 7.57. The van der Waals surface area contributed by atoms with E-state index in [0.717, 1.165) is 25.7 Å². The van der Waals surface area contributed by atoms with Gasteiger partial charge in [-0.2, -0.15) is 0 Å². The fourth-order valence-corrected chi connectivity index (χ4v) is 6.39. The lowest BCUT2D eigenvalue weighted by atomic mass is 9.49. The molecule has 6 unspecified atom stereocenters. The van der Waals surface area contributed by atoms with Gasteiger partial charge in [0.25, 0.3) is 0 Å². The molecule has 23 heavy (non-hydrogen) atoms. The van der Waals surface area contributed by atoms with Crippen molar-refractivity contribution in [3.05, 3.63) is 23.3 Å². The summed E-state index contributed by atoms with van der Waals surface area (Å²) >= 11 is 0. The fourth-order valence-electron chi connectivity index (χ4n) is 6.39. The molecule has 4 aliphatic carbocycles. The Labute approximate surface area is 137 Å². The Bertz CT molecular complexity index is 629. The summed E-state index contributed by atoms with van der Waals surface area (Å²) in [6.07, 6.45) is 8.30. The van der Waals surface area contributed by atoms with Gasteiger partial charge in [0.05, 0.1) is 0 Å². The first kappa shape index (κ1) is 15.3. The molecule has 3 saturated carbocycles. The van der Waals surface area contributed by atoms with Crippen LogP contribution in [0, 0.1) is 35.0 Å². The van der Waals surface area contributed by atoms with E-state index in [1.54, 1.807) is 6.08 Å². The average Bonchev–Trinajstić information content (AvgIpc) is 2.85. The summed E-state index contributed by atoms with van der Waals surface area (Å²) < 4.78 is 0. The van der Waals surface area contributed by atoms with Gasteiger partial charge in [0.1, 0.15) is 5.78 Å². The van der Waals surface area contributed by atoms with Gasteiger partial charge in [-0.25, -0.2) is 0 Å². The van der Waals surface area contributed by atoms with Crippen LogP contribution in [0.4, 0.5) is 0 Å². The number of carbonyl (C=O) groups is 2. The highest BCUT2D eigenvalue weighted by Gasteiger charge is 2.57. The van der Waals surface area contributed by atoms with Gasteiger partial charge >= 0.3 is 0 Å². The molecule has 1 N–H and O–H groups in total. The molecule has 0 aromatic carbocycles. The molecule has 0 aromatic heterocycles. The van der Waals surface area contributed by atoms with Gasteiger partial charge in [0.2, 0.25) is 0 Å². The Hall–Kier alpha value is -1.22. The molecule has 4 rings (SSSR count). The van der Waals surface area contributed by atoms with Gasteiger partial charge in [-0.05, 0) is 68.4 Å². The van der Waals surface area contributed by atoms with Crippen molar-refractivity contribution < 1.29 is 14.7 Å². The molecule has 0 spiro atoms. The molecule has 3 nitrogen and oxygen atoms in total. The molecule has 3 heteroatoms. The zero-order valence-electron chi connectivity index (χ0n) is 14.0. The van der Waals surface area contributed by atoms with Gasteiger partial charge < -0.3 is 5.11 Å². The highest BCUT2D eigenvalue weighted by atomic mass is 16.3. The Morgan fingerprint density at radius 2 is 2.00 bits per heavy atom. The summed E-state index contributed by atoms with van der Waals surface area (Å²) in [7, 11) is 0. The zero-order chi connectivity index (χ0) is 16.4. The number of fused-ring (bicyclic) bond motifs is 5. The normalized spacial score (nSPS) is 45.8. The number of allylic oxidation sites excluding steroid dienone is 4. The van der Waals surface area contributed by atoms with E-state index in [1.807, 2.05) is 6.08 Å². The molecule has 0 aliphatic heterocycles. The minimum Gasteiger partial charge on any atom is -0.396 e. The Morgan fingerprint density at radius 1 is 1.22 bits per heavy atom. The molecular weight excluding hydrogens is 288 g/mol. The maximum Gasteiger partial charge on any atom is 0.178 e. The molecule has 3 fully saturated rings. The summed E-state index contributed by atoms with van der Waals surface area (Å²) in [5.74, 6) is 2.22. The van der Waals surface area contributed by atoms with Crippen LogP contribution >= 0.6 is 0 Å². The van der Waals surface area contributed by atoms with Crippen molar-refractivity contribution in [2.45, 2.75) is 46.0 Å². The molecule has 6 atom stereocenters. The fraction of sp³-hybridized carbons (Fsp3) is 0.700. The van der Waals surface area contributed by atoms with E-state index >= 15 is 0 Å². The predicted octanol–water partition coefficient (Wildman–Crippen LogP) is 3.08. The average molecular weight is 314 g/mol. The molecule has 0 saturated heterocycles. The smallest absolute Gasteiger partial charge is 0.178 e. The van der Waals surface area contributed by atoms with Gasteiger partial charge in [0.15, 0.2) is 5.78 Å². The summed E-state index contributed by atoms with van der Waals surface area (Å²) in [4.78, 5) is 24.3. The number of ketones is 2. The van der Waals surface area contributed by atoms with E-state index in [0.29, 0.717) is 30.0 Å². The molecule has 0 amide bonds. The van der Waals surface area contributed by atoms with Crippen LogP contribution in [0.2, 0.25) is 0 Å². The lowest BCUT2D eigenvalue weighted by Crippen LogP contribution is -2.49. The molecular formula is C20H26O3. The van der Waals surface area contributed by atoms with E-state index in [9.17, 15) is 14.7 Å². The third-order valence-electron chi connectivity index (χ3n) is 7.57. The van der Waals surface area contributed by atoms with Crippen LogP contribution in [0.1, 0.15) is 46.0 Å². The largest absolute Gasteiger partial charge is 0.396 e. The number of hydrogen-bond acceptors (Lipinski definition) is 3. The Morgan fingerprint density at radius 3 is 2.74 bits per heavy atom. The maximum atomic E-state index is 12.3. The maximum absolute atomic E-state index is 12.3. The number of rotatable bonds is 1. The lowest BCUT2D eigenvalue weighted by molar-refractivity contribution is -0.123. The Kier molecular flexibility index (Phi) is 3.42. The number of hydrogen-bond donors (Lipinski definition) is 1. The van der Waals surface area contributed by atoms with Crippen LogP contribution in [-0.4, -0.2) is 23.3 Å². The minimum atomic E-state index is -0.0204. The van der Waals surface area contributed by atoms with Crippen LogP contribution in [0.3, 0.4) is 0 Å². The van der Waals surface area contributed by atoms with E-state index in [2.05, 4.69) is 13.8 Å². The molecule has 0 aromatic rings. The van der Waals surface area contributed by atoms with Crippen molar-refractivity contribution >= 4 is 11.6 Å². The summed E-state index contributed by atoms with van der Waals surface area (Å²) in [5.41, 5.74) is 2.47. The topological polar surface area (TPSA) is 54.4 Å². The molecule has 4 aliphatic rings. The number of Topliss-reactive ketones (excluding diaryl/α,β-unsaturated/α-hetero) is 1. The standard InChI is InChI=1S/C20H26O3/c1-11-7-14(22)9-13-3-4-15-17(20(11,13)2)6-5-16-18(23)8-12(10-21)19(15)16/h7,9,12,15-17,19,21H,3-6,8,10H2,1-2H3. The molecule has 124 valence electrons. The predicted molar refractivity (Wildman–Crippen MR) is 87.6 cm³/mol. The first-order valence-corrected chi connectivity index (χ1v) is 9.04. The molecule has 0 radical (unpaired) electrons. The van der Waals surface area contributed by atoms with Crippen molar-refractivity contribution in [3.8, 4) is 0 Å². The van der Waals surface area contributed by atoms with E-state index < -0.39 is 0 Å². The second kappa shape index (κ2) is 5.14. The first-order valence-electron chi connectivity index (χ1n) is 9.04. The van der Waals surface area contributed by atoms with Gasteiger partial charge in [-0.3, -0.25) is 9.59 Å². The van der Waals surface area contributed by atoms with Gasteiger partial charge in [0, 0.05) is 24.4 Å². The van der Waals surface area contributed by atoms with Crippen LogP contribution in [0.25, 0.3) is 0 Å². The highest BCUT2D eigenvalue weighted by molar-refractivity contribution is 6.02. The third kappa shape index (κ3) is 1.98. The highest BCUT2D eigenvalue weighted by Crippen LogP contribution is 2.62. The van der Waals surface area contributed by atoms with Gasteiger partial charge in [-0.15, -0.1) is 0 Å². The van der Waals surface area contributed by atoms with Gasteiger partial charge in [-0.1, -0.05) is 18.1 Å². The van der Waals surface area contributed by atoms with Crippen LogP contribution in [0.15, 0.2) is 23.3 Å². The van der Waals surface area contributed by atoms with Crippen molar-refractivity contribution in [2.24, 2.45) is 35.0 Å². The Balaban J connectivity index is 1.73. The van der Waals surface area contributed by atoms with Crippen LogP contribution < -0.4 is 0 Å². The number of aliphatic hydroxyl groups is 1. The summed E-state index contributed by atoms with van der Waals surface area (Å²) in [5, 5.41) is 9.78. The van der Waals surface area contributed by atoms with Crippen molar-refractivity contribution in [2.75, 3.05) is 6.61 Å². The molecule has 0 bridgehead atoms. The monoisotopic (exact) mass is 314 g/mol. The summed E-state index contributed by atoms with van der Waals surface area (Å²) in [6, 6.07) is 0. The summed E-state index contributed by atoms with van der Waals surface area (Å²) in [6.45, 7) is 4.55. The second-order valence-corrected chi connectivity index (χ2v) is 8.28. The van der Waals surface area contributed by atoms with Crippen molar-refractivity contribution in [1.82, 2.24) is 0 Å². The lowest BCUT2D eigenvalue weighted by Gasteiger charge is -2.55. The zero-order valence-corrected chi connectivity index (χ0v) is 14.0.